The van der Waals surface area contributed by atoms with Crippen molar-refractivity contribution in [3.05, 3.63) is 29.5 Å². The molecule has 126 valence electrons. The van der Waals surface area contributed by atoms with Gasteiger partial charge < -0.3 is 10.4 Å². The molecule has 0 aromatic carbocycles. The van der Waals surface area contributed by atoms with E-state index in [4.69, 9.17) is 0 Å². The summed E-state index contributed by atoms with van der Waals surface area (Å²) in [6, 6.07) is 1.57. The summed E-state index contributed by atoms with van der Waals surface area (Å²) in [4.78, 5) is 21.0. The van der Waals surface area contributed by atoms with Crippen molar-refractivity contribution in [2.24, 2.45) is 5.41 Å². The quantitative estimate of drug-likeness (QED) is 0.753. The lowest BCUT2D eigenvalue weighted by atomic mass is 9.88. The number of fused-ring (bicyclic) bond motifs is 1. The molecule has 0 amide bonds. The van der Waals surface area contributed by atoms with Crippen molar-refractivity contribution in [2.75, 3.05) is 5.32 Å². The Hall–Kier alpha value is -2.48. The van der Waals surface area contributed by atoms with Gasteiger partial charge in [-0.2, -0.15) is 5.10 Å². The Morgan fingerprint density at radius 1 is 1.38 bits per heavy atom. The highest BCUT2D eigenvalue weighted by atomic mass is 32.1. The third-order valence-corrected chi connectivity index (χ3v) is 4.87. The number of thiazole rings is 1. The lowest BCUT2D eigenvalue weighted by molar-refractivity contribution is 0.0690. The Morgan fingerprint density at radius 3 is 2.79 bits per heavy atom. The maximum absolute atomic E-state index is 11.4. The Bertz CT molecular complexity index is 893. The summed E-state index contributed by atoms with van der Waals surface area (Å²) < 4.78 is 1.72. The van der Waals surface area contributed by atoms with Crippen molar-refractivity contribution < 1.29 is 9.90 Å². The third-order valence-electron chi connectivity index (χ3n) is 3.98. The number of nitrogens with one attached hydrogen (secondary N) is 1. The van der Waals surface area contributed by atoms with E-state index < -0.39 is 5.97 Å². The monoisotopic (exact) mass is 345 g/mol. The number of hydrogen-bond donors (Lipinski definition) is 2. The number of rotatable bonds is 4. The second-order valence-electron chi connectivity index (χ2n) is 6.71. The molecule has 2 N–H and O–H groups in total. The van der Waals surface area contributed by atoms with Gasteiger partial charge in [-0.15, -0.1) is 11.3 Å². The molecule has 0 spiro atoms. The molecule has 0 saturated heterocycles. The summed E-state index contributed by atoms with van der Waals surface area (Å²) in [6.07, 6.45) is 3.50. The van der Waals surface area contributed by atoms with Gasteiger partial charge in [0.2, 0.25) is 0 Å². The van der Waals surface area contributed by atoms with Gasteiger partial charge in [-0.25, -0.2) is 19.3 Å². The minimum Gasteiger partial charge on any atom is -0.477 e. The molecule has 0 saturated carbocycles. The van der Waals surface area contributed by atoms with E-state index >= 15 is 0 Å². The Balaban J connectivity index is 2.07. The summed E-state index contributed by atoms with van der Waals surface area (Å²) >= 11 is 1.51. The highest BCUT2D eigenvalue weighted by Gasteiger charge is 2.22. The average molecular weight is 345 g/mol. The molecule has 0 unspecified atom stereocenters. The van der Waals surface area contributed by atoms with Gasteiger partial charge in [-0.05, 0) is 12.3 Å². The van der Waals surface area contributed by atoms with Crippen molar-refractivity contribution in [1.29, 1.82) is 0 Å². The number of hydrogen-bond acceptors (Lipinski definition) is 6. The molecular weight excluding hydrogens is 326 g/mol. The van der Waals surface area contributed by atoms with Gasteiger partial charge in [-0.1, -0.05) is 20.8 Å². The van der Waals surface area contributed by atoms with Gasteiger partial charge in [0, 0.05) is 23.7 Å². The first kappa shape index (κ1) is 16.4. The third kappa shape index (κ3) is 3.09. The first-order valence-corrected chi connectivity index (χ1v) is 8.44. The van der Waals surface area contributed by atoms with Crippen LogP contribution in [0.5, 0.6) is 0 Å². The number of aromatic carboxylic acids is 1. The number of anilines is 1. The summed E-state index contributed by atoms with van der Waals surface area (Å²) in [5.74, 6) is -0.230. The molecule has 3 aromatic heterocycles. The molecule has 8 heteroatoms. The van der Waals surface area contributed by atoms with Crippen LogP contribution in [0.15, 0.2) is 23.8 Å². The number of carboxylic acid groups (broad SMARTS) is 1. The van der Waals surface area contributed by atoms with Crippen LogP contribution in [0.1, 0.15) is 38.2 Å². The van der Waals surface area contributed by atoms with Gasteiger partial charge in [0.1, 0.15) is 10.6 Å². The van der Waals surface area contributed by atoms with E-state index in [1.807, 2.05) is 18.5 Å². The molecule has 3 aromatic rings. The SMILES string of the molecule is C[C@H](Nc1cc(C(=O)O)nc(-c2cnn3ccsc23)n1)C(C)(C)C. The highest BCUT2D eigenvalue weighted by molar-refractivity contribution is 7.16. The van der Waals surface area contributed by atoms with Crippen molar-refractivity contribution >= 4 is 28.0 Å². The minimum atomic E-state index is -1.08. The van der Waals surface area contributed by atoms with Crippen molar-refractivity contribution in [1.82, 2.24) is 19.6 Å². The fourth-order valence-electron chi connectivity index (χ4n) is 2.07. The molecule has 3 heterocycles. The van der Waals surface area contributed by atoms with Crippen LogP contribution in [0.4, 0.5) is 5.82 Å². The molecule has 1 atom stereocenters. The van der Waals surface area contributed by atoms with E-state index in [0.717, 1.165) is 10.4 Å². The first-order valence-electron chi connectivity index (χ1n) is 7.56. The van der Waals surface area contributed by atoms with Crippen LogP contribution in [0, 0.1) is 5.41 Å². The van der Waals surface area contributed by atoms with Crippen LogP contribution in [-0.2, 0) is 0 Å². The predicted molar refractivity (Wildman–Crippen MR) is 93.6 cm³/mol. The average Bonchev–Trinajstić information content (AvgIpc) is 3.08. The summed E-state index contributed by atoms with van der Waals surface area (Å²) in [6.45, 7) is 8.37. The zero-order valence-electron chi connectivity index (χ0n) is 13.9. The summed E-state index contributed by atoms with van der Waals surface area (Å²) in [5, 5.41) is 18.8. The molecule has 3 rings (SSSR count). The van der Waals surface area contributed by atoms with Crippen LogP contribution < -0.4 is 5.32 Å². The molecule has 0 aliphatic carbocycles. The largest absolute Gasteiger partial charge is 0.477 e. The maximum Gasteiger partial charge on any atom is 0.354 e. The van der Waals surface area contributed by atoms with Gasteiger partial charge in [0.15, 0.2) is 11.5 Å². The van der Waals surface area contributed by atoms with E-state index in [2.05, 4.69) is 41.2 Å². The normalized spacial score (nSPS) is 13.2. The van der Waals surface area contributed by atoms with Gasteiger partial charge in [0.25, 0.3) is 0 Å². The standard InChI is InChI=1S/C16H19N5O2S/c1-9(16(2,3)4)18-12-7-11(15(22)23)19-13(20-12)10-8-17-21-5-6-24-14(10)21/h5-9H,1-4H3,(H,22,23)(H,18,19,20)/t9-/m0/s1. The van der Waals surface area contributed by atoms with Crippen molar-refractivity contribution in [3.8, 4) is 11.4 Å². The zero-order valence-corrected chi connectivity index (χ0v) is 14.8. The second kappa shape index (κ2) is 5.86. The topological polar surface area (TPSA) is 92.4 Å². The lowest BCUT2D eigenvalue weighted by Gasteiger charge is -2.28. The van der Waals surface area contributed by atoms with Crippen LogP contribution in [0.25, 0.3) is 16.2 Å². The Labute approximate surface area is 143 Å². The van der Waals surface area contributed by atoms with E-state index in [1.165, 1.54) is 17.4 Å². The number of carbonyl (C=O) groups is 1. The Morgan fingerprint density at radius 2 is 2.12 bits per heavy atom. The molecule has 0 bridgehead atoms. The summed E-state index contributed by atoms with van der Waals surface area (Å²) in [7, 11) is 0. The fraction of sp³-hybridized carbons (Fsp3) is 0.375. The minimum absolute atomic E-state index is 0.00718. The van der Waals surface area contributed by atoms with E-state index in [1.54, 1.807) is 10.7 Å². The molecule has 0 fully saturated rings. The fourth-order valence-corrected chi connectivity index (χ4v) is 2.86. The zero-order chi connectivity index (χ0) is 17.5. The number of nitrogens with zero attached hydrogens (tertiary/aromatic N) is 4. The highest BCUT2D eigenvalue weighted by Crippen LogP contribution is 2.27. The molecule has 24 heavy (non-hydrogen) atoms. The van der Waals surface area contributed by atoms with Crippen LogP contribution in [0.3, 0.4) is 0 Å². The molecular formula is C16H19N5O2S. The lowest BCUT2D eigenvalue weighted by Crippen LogP contribution is -2.31. The number of carboxylic acids is 1. The van der Waals surface area contributed by atoms with Gasteiger partial charge in [0.05, 0.1) is 11.8 Å². The molecule has 0 aliphatic rings. The van der Waals surface area contributed by atoms with E-state index in [-0.39, 0.29) is 17.2 Å². The maximum atomic E-state index is 11.4. The van der Waals surface area contributed by atoms with Gasteiger partial charge in [-0.3, -0.25) is 0 Å². The number of aromatic nitrogens is 4. The smallest absolute Gasteiger partial charge is 0.354 e. The molecule has 7 nitrogen and oxygen atoms in total. The Kier molecular flexibility index (Phi) is 4.00. The van der Waals surface area contributed by atoms with E-state index in [9.17, 15) is 9.90 Å². The molecule has 0 radical (unpaired) electrons. The first-order chi connectivity index (χ1) is 11.3. The van der Waals surface area contributed by atoms with Crippen molar-refractivity contribution in [2.45, 2.75) is 33.7 Å². The summed E-state index contributed by atoms with van der Waals surface area (Å²) in [5.41, 5.74) is 0.687. The van der Waals surface area contributed by atoms with Crippen LogP contribution >= 0.6 is 11.3 Å². The second-order valence-corrected chi connectivity index (χ2v) is 7.60. The molecule has 0 aliphatic heterocycles. The van der Waals surface area contributed by atoms with Crippen LogP contribution in [-0.4, -0.2) is 36.7 Å². The van der Waals surface area contributed by atoms with Crippen LogP contribution in [0.2, 0.25) is 0 Å². The van der Waals surface area contributed by atoms with E-state index in [0.29, 0.717) is 11.6 Å². The predicted octanol–water partition coefficient (Wildman–Crippen LogP) is 3.40. The van der Waals surface area contributed by atoms with Gasteiger partial charge >= 0.3 is 5.97 Å². The van der Waals surface area contributed by atoms with Crippen molar-refractivity contribution in [3.63, 3.8) is 0 Å².